The molecule has 1 amide bonds. The Hall–Kier alpha value is -1.10. The summed E-state index contributed by atoms with van der Waals surface area (Å²) < 4.78 is 5.52. The normalized spacial score (nSPS) is 18.5. The molecular weight excluding hydrogens is 264 g/mol. The molecule has 1 heterocycles. The minimum atomic E-state index is -0.0103. The monoisotopic (exact) mass is 284 g/mol. The third kappa shape index (κ3) is 4.49. The minimum absolute atomic E-state index is 0. The smallest absolute Gasteiger partial charge is 0.227 e. The van der Waals surface area contributed by atoms with Crippen molar-refractivity contribution in [3.8, 4) is 0 Å². The van der Waals surface area contributed by atoms with E-state index in [9.17, 15) is 4.79 Å². The Balaban J connectivity index is 0.00000180. The molecule has 0 aromatic heterocycles. The zero-order valence-electron chi connectivity index (χ0n) is 11.4. The lowest BCUT2D eigenvalue weighted by Gasteiger charge is -2.23. The molecule has 1 saturated heterocycles. The first-order valence-electron chi connectivity index (χ1n) is 6.35. The molecule has 1 aromatic rings. The summed E-state index contributed by atoms with van der Waals surface area (Å²) in [5.41, 5.74) is 3.20. The average Bonchev–Trinajstić information content (AvgIpc) is 2.36. The van der Waals surface area contributed by atoms with Gasteiger partial charge in [-0.05, 0) is 31.0 Å². The molecule has 1 fully saturated rings. The van der Waals surface area contributed by atoms with Gasteiger partial charge in [0, 0.05) is 18.8 Å². The van der Waals surface area contributed by atoms with Crippen molar-refractivity contribution in [1.82, 2.24) is 5.32 Å². The van der Waals surface area contributed by atoms with E-state index in [1.54, 1.807) is 0 Å². The molecule has 4 nitrogen and oxygen atoms in total. The third-order valence-corrected chi connectivity index (χ3v) is 3.30. The Morgan fingerprint density at radius 2 is 2.26 bits per heavy atom. The molecule has 106 valence electrons. The van der Waals surface area contributed by atoms with Crippen molar-refractivity contribution in [2.45, 2.75) is 26.4 Å². The van der Waals surface area contributed by atoms with Gasteiger partial charge in [0.2, 0.25) is 5.91 Å². The maximum atomic E-state index is 11.9. The highest BCUT2D eigenvalue weighted by Crippen LogP contribution is 2.18. The van der Waals surface area contributed by atoms with Gasteiger partial charge in [-0.1, -0.05) is 12.1 Å². The van der Waals surface area contributed by atoms with Crippen LogP contribution in [0.25, 0.3) is 0 Å². The Kier molecular flexibility index (Phi) is 6.28. The molecule has 2 rings (SSSR count). The number of nitrogens with one attached hydrogen (secondary N) is 2. The van der Waals surface area contributed by atoms with Crippen molar-refractivity contribution in [3.05, 3.63) is 29.3 Å². The van der Waals surface area contributed by atoms with E-state index < -0.39 is 0 Å². The lowest BCUT2D eigenvalue weighted by Crippen LogP contribution is -2.40. The summed E-state index contributed by atoms with van der Waals surface area (Å²) >= 11 is 0. The standard InChI is InChI=1S/C14H20N2O2.ClH/c1-10-4-3-5-13(11(10)2)16-14(17)8-12-9-15-6-7-18-12;/h3-5,12,15H,6-9H2,1-2H3,(H,16,17);1H. The van der Waals surface area contributed by atoms with Crippen LogP contribution in [-0.4, -0.2) is 31.7 Å². The van der Waals surface area contributed by atoms with Crippen LogP contribution in [-0.2, 0) is 9.53 Å². The predicted octanol–water partition coefficient (Wildman–Crippen LogP) is 2.04. The van der Waals surface area contributed by atoms with Gasteiger partial charge in [-0.15, -0.1) is 12.4 Å². The summed E-state index contributed by atoms with van der Waals surface area (Å²) in [6.07, 6.45) is 0.393. The SMILES string of the molecule is Cc1cccc(NC(=O)CC2CNCCO2)c1C.Cl. The molecule has 19 heavy (non-hydrogen) atoms. The molecule has 0 spiro atoms. The summed E-state index contributed by atoms with van der Waals surface area (Å²) in [6.45, 7) is 6.36. The van der Waals surface area contributed by atoms with E-state index in [1.165, 1.54) is 5.56 Å². The van der Waals surface area contributed by atoms with E-state index in [4.69, 9.17) is 4.74 Å². The largest absolute Gasteiger partial charge is 0.375 e. The summed E-state index contributed by atoms with van der Waals surface area (Å²) in [5, 5.41) is 6.17. The average molecular weight is 285 g/mol. The van der Waals surface area contributed by atoms with Crippen molar-refractivity contribution in [2.24, 2.45) is 0 Å². The highest BCUT2D eigenvalue weighted by molar-refractivity contribution is 5.92. The summed E-state index contributed by atoms with van der Waals surface area (Å²) in [5.74, 6) is 0.0115. The first kappa shape index (κ1) is 16.0. The van der Waals surface area contributed by atoms with Crippen LogP contribution in [0.4, 0.5) is 5.69 Å². The van der Waals surface area contributed by atoms with Crippen LogP contribution in [0.2, 0.25) is 0 Å². The number of hydrogen-bond acceptors (Lipinski definition) is 3. The number of carbonyl (C=O) groups is 1. The molecule has 0 aliphatic carbocycles. The number of hydrogen-bond donors (Lipinski definition) is 2. The van der Waals surface area contributed by atoms with Gasteiger partial charge in [-0.2, -0.15) is 0 Å². The molecule has 1 aromatic carbocycles. The van der Waals surface area contributed by atoms with Gasteiger partial charge in [0.05, 0.1) is 19.1 Å². The fraction of sp³-hybridized carbons (Fsp3) is 0.500. The molecular formula is C14H21ClN2O2. The number of aryl methyl sites for hydroxylation is 1. The molecule has 2 N–H and O–H groups in total. The molecule has 1 atom stereocenters. The van der Waals surface area contributed by atoms with E-state index in [0.717, 1.165) is 24.3 Å². The zero-order valence-corrected chi connectivity index (χ0v) is 12.2. The topological polar surface area (TPSA) is 50.4 Å². The zero-order chi connectivity index (χ0) is 13.0. The molecule has 0 bridgehead atoms. The maximum Gasteiger partial charge on any atom is 0.227 e. The molecule has 1 unspecified atom stereocenters. The number of benzene rings is 1. The Bertz CT molecular complexity index is 431. The van der Waals surface area contributed by atoms with Crippen LogP contribution in [0, 0.1) is 13.8 Å². The Labute approximate surface area is 120 Å². The number of morpholine rings is 1. The van der Waals surface area contributed by atoms with E-state index >= 15 is 0 Å². The lowest BCUT2D eigenvalue weighted by atomic mass is 10.1. The van der Waals surface area contributed by atoms with E-state index in [1.807, 2.05) is 32.0 Å². The molecule has 0 saturated carbocycles. The predicted molar refractivity (Wildman–Crippen MR) is 79.0 cm³/mol. The second kappa shape index (κ2) is 7.48. The number of halogens is 1. The van der Waals surface area contributed by atoms with Gasteiger partial charge in [0.25, 0.3) is 0 Å². The third-order valence-electron chi connectivity index (χ3n) is 3.30. The fourth-order valence-corrected chi connectivity index (χ4v) is 2.05. The van der Waals surface area contributed by atoms with Gasteiger partial charge in [0.1, 0.15) is 0 Å². The maximum absolute atomic E-state index is 11.9. The van der Waals surface area contributed by atoms with Gasteiger partial charge >= 0.3 is 0 Å². The Morgan fingerprint density at radius 1 is 1.47 bits per heavy atom. The van der Waals surface area contributed by atoms with Crippen LogP contribution >= 0.6 is 12.4 Å². The van der Waals surface area contributed by atoms with Crippen molar-refractivity contribution in [1.29, 1.82) is 0 Å². The molecule has 1 aliphatic rings. The van der Waals surface area contributed by atoms with E-state index in [2.05, 4.69) is 10.6 Å². The van der Waals surface area contributed by atoms with Gasteiger partial charge in [0.15, 0.2) is 0 Å². The summed E-state index contributed by atoms with van der Waals surface area (Å²) in [7, 11) is 0. The van der Waals surface area contributed by atoms with E-state index in [-0.39, 0.29) is 24.4 Å². The molecule has 1 aliphatic heterocycles. The van der Waals surface area contributed by atoms with Crippen LogP contribution in [0.5, 0.6) is 0 Å². The fourth-order valence-electron chi connectivity index (χ4n) is 2.05. The Morgan fingerprint density at radius 3 is 2.95 bits per heavy atom. The van der Waals surface area contributed by atoms with Crippen LogP contribution in [0.1, 0.15) is 17.5 Å². The highest BCUT2D eigenvalue weighted by Gasteiger charge is 2.17. The van der Waals surface area contributed by atoms with E-state index in [0.29, 0.717) is 13.0 Å². The van der Waals surface area contributed by atoms with Crippen molar-refractivity contribution >= 4 is 24.0 Å². The summed E-state index contributed by atoms with van der Waals surface area (Å²) in [6, 6.07) is 5.93. The number of carbonyl (C=O) groups excluding carboxylic acids is 1. The number of anilines is 1. The second-order valence-electron chi connectivity index (χ2n) is 4.70. The second-order valence-corrected chi connectivity index (χ2v) is 4.70. The lowest BCUT2D eigenvalue weighted by molar-refractivity contribution is -0.119. The molecule has 0 radical (unpaired) electrons. The first-order valence-corrected chi connectivity index (χ1v) is 6.35. The van der Waals surface area contributed by atoms with Crippen LogP contribution < -0.4 is 10.6 Å². The number of amides is 1. The quantitative estimate of drug-likeness (QED) is 0.893. The van der Waals surface area contributed by atoms with Gasteiger partial charge < -0.3 is 15.4 Å². The number of ether oxygens (including phenoxy) is 1. The van der Waals surface area contributed by atoms with Crippen molar-refractivity contribution in [2.75, 3.05) is 25.0 Å². The van der Waals surface area contributed by atoms with Crippen LogP contribution in [0.15, 0.2) is 18.2 Å². The van der Waals surface area contributed by atoms with Crippen LogP contribution in [0.3, 0.4) is 0 Å². The van der Waals surface area contributed by atoms with Crippen molar-refractivity contribution < 1.29 is 9.53 Å². The highest BCUT2D eigenvalue weighted by atomic mass is 35.5. The first-order chi connectivity index (χ1) is 8.66. The minimum Gasteiger partial charge on any atom is -0.375 e. The number of rotatable bonds is 3. The van der Waals surface area contributed by atoms with Crippen molar-refractivity contribution in [3.63, 3.8) is 0 Å². The summed E-state index contributed by atoms with van der Waals surface area (Å²) in [4.78, 5) is 11.9. The van der Waals surface area contributed by atoms with Gasteiger partial charge in [-0.25, -0.2) is 0 Å². The molecule has 5 heteroatoms. The van der Waals surface area contributed by atoms with Gasteiger partial charge in [-0.3, -0.25) is 4.79 Å².